The molecule has 1 nitrogen and oxygen atoms in total. The largest absolute Gasteiger partial charge is 0.330 e. The first-order valence-corrected chi connectivity index (χ1v) is 6.52. The Morgan fingerprint density at radius 3 is 2.40 bits per heavy atom. The molecule has 2 heteroatoms. The summed E-state index contributed by atoms with van der Waals surface area (Å²) in [5, 5.41) is 0. The second-order valence-electron chi connectivity index (χ2n) is 3.97. The van der Waals surface area contributed by atoms with Crippen molar-refractivity contribution < 1.29 is 0 Å². The van der Waals surface area contributed by atoms with Crippen molar-refractivity contribution in [3.8, 4) is 0 Å². The van der Waals surface area contributed by atoms with Crippen LogP contribution in [0.2, 0.25) is 0 Å². The lowest BCUT2D eigenvalue weighted by molar-refractivity contribution is 0.553. The molecule has 0 spiro atoms. The van der Waals surface area contributed by atoms with Crippen molar-refractivity contribution in [1.29, 1.82) is 0 Å². The molecule has 0 unspecified atom stereocenters. The van der Waals surface area contributed by atoms with Crippen LogP contribution in [-0.2, 0) is 0 Å². The van der Waals surface area contributed by atoms with Crippen LogP contribution in [0.5, 0.6) is 0 Å². The molecule has 0 aliphatic carbocycles. The Balaban J connectivity index is 2.65. The number of unbranched alkanes of at least 4 members (excludes halogenated alkanes) is 1. The van der Waals surface area contributed by atoms with Crippen molar-refractivity contribution in [3.63, 3.8) is 0 Å². The zero-order valence-electron chi connectivity index (χ0n) is 9.38. The van der Waals surface area contributed by atoms with E-state index in [0.29, 0.717) is 5.92 Å². The predicted molar refractivity (Wildman–Crippen MR) is 70.1 cm³/mol. The van der Waals surface area contributed by atoms with Gasteiger partial charge in [0.2, 0.25) is 0 Å². The van der Waals surface area contributed by atoms with Crippen LogP contribution in [-0.4, -0.2) is 6.54 Å². The maximum absolute atomic E-state index is 5.66. The second-order valence-corrected chi connectivity index (χ2v) is 4.88. The van der Waals surface area contributed by atoms with E-state index in [0.717, 1.165) is 17.4 Å². The summed E-state index contributed by atoms with van der Waals surface area (Å²) in [4.78, 5) is 0. The lowest BCUT2D eigenvalue weighted by atomic mass is 9.91. The molecular weight excluding hydrogens is 250 g/mol. The van der Waals surface area contributed by atoms with Gasteiger partial charge in [0.05, 0.1) is 0 Å². The van der Waals surface area contributed by atoms with Gasteiger partial charge in [-0.05, 0) is 43.0 Å². The van der Waals surface area contributed by atoms with Gasteiger partial charge in [0.1, 0.15) is 0 Å². The monoisotopic (exact) mass is 269 g/mol. The third kappa shape index (κ3) is 4.35. The maximum Gasteiger partial charge on any atom is 0.0175 e. The molecule has 0 radical (unpaired) electrons. The molecule has 0 aliphatic heterocycles. The molecule has 0 aromatic heterocycles. The molecule has 0 saturated heterocycles. The summed E-state index contributed by atoms with van der Waals surface area (Å²) in [6.07, 6.45) is 4.91. The number of hydrogen-bond donors (Lipinski definition) is 1. The Morgan fingerprint density at radius 1 is 1.20 bits per heavy atom. The highest BCUT2D eigenvalue weighted by molar-refractivity contribution is 9.10. The summed E-state index contributed by atoms with van der Waals surface area (Å²) < 4.78 is 1.15. The van der Waals surface area contributed by atoms with Crippen LogP contribution < -0.4 is 5.73 Å². The van der Waals surface area contributed by atoms with Crippen molar-refractivity contribution in [1.82, 2.24) is 0 Å². The molecule has 1 aromatic carbocycles. The van der Waals surface area contributed by atoms with E-state index in [1.807, 2.05) is 0 Å². The van der Waals surface area contributed by atoms with E-state index in [2.05, 4.69) is 47.1 Å². The van der Waals surface area contributed by atoms with E-state index in [1.165, 1.54) is 24.8 Å². The molecule has 0 heterocycles. The quantitative estimate of drug-likeness (QED) is 0.828. The predicted octanol–water partition coefficient (Wildman–Crippen LogP) is 4.07. The van der Waals surface area contributed by atoms with E-state index in [-0.39, 0.29) is 0 Å². The van der Waals surface area contributed by atoms with Gasteiger partial charge >= 0.3 is 0 Å². The first-order chi connectivity index (χ1) is 7.27. The minimum absolute atomic E-state index is 0.642. The van der Waals surface area contributed by atoms with Crippen LogP contribution in [0.15, 0.2) is 28.7 Å². The highest BCUT2D eigenvalue weighted by Crippen LogP contribution is 2.26. The molecule has 0 bridgehead atoms. The fraction of sp³-hybridized carbons (Fsp3) is 0.538. The smallest absolute Gasteiger partial charge is 0.0175 e. The van der Waals surface area contributed by atoms with Gasteiger partial charge in [-0.3, -0.25) is 0 Å². The average Bonchev–Trinajstić information content (AvgIpc) is 2.25. The lowest BCUT2D eigenvalue weighted by Gasteiger charge is -2.16. The molecule has 15 heavy (non-hydrogen) atoms. The second kappa shape index (κ2) is 7.02. The molecule has 1 rings (SSSR count). The summed E-state index contributed by atoms with van der Waals surface area (Å²) in [5.74, 6) is 0.642. The van der Waals surface area contributed by atoms with Gasteiger partial charge in [0.15, 0.2) is 0 Å². The van der Waals surface area contributed by atoms with Gasteiger partial charge in [-0.15, -0.1) is 0 Å². The van der Waals surface area contributed by atoms with Gasteiger partial charge < -0.3 is 5.73 Å². The van der Waals surface area contributed by atoms with E-state index in [9.17, 15) is 0 Å². The summed E-state index contributed by atoms with van der Waals surface area (Å²) >= 11 is 3.46. The third-order valence-electron chi connectivity index (χ3n) is 2.76. The van der Waals surface area contributed by atoms with E-state index < -0.39 is 0 Å². The first kappa shape index (κ1) is 12.7. The number of halogens is 1. The summed E-state index contributed by atoms with van der Waals surface area (Å²) in [6.45, 7) is 3.02. The fourth-order valence-electron chi connectivity index (χ4n) is 1.86. The Labute approximate surface area is 101 Å². The Bertz CT molecular complexity index is 268. The number of rotatable bonds is 6. The van der Waals surface area contributed by atoms with Gasteiger partial charge in [0.25, 0.3) is 0 Å². The molecule has 0 amide bonds. The SMILES string of the molecule is CCCC[C@H](CCN)c1ccc(Br)cc1. The molecule has 0 fully saturated rings. The topological polar surface area (TPSA) is 26.0 Å². The highest BCUT2D eigenvalue weighted by atomic mass is 79.9. The van der Waals surface area contributed by atoms with Gasteiger partial charge in [-0.2, -0.15) is 0 Å². The number of benzene rings is 1. The average molecular weight is 270 g/mol. The van der Waals surface area contributed by atoms with Crippen molar-refractivity contribution in [2.75, 3.05) is 6.54 Å². The van der Waals surface area contributed by atoms with E-state index in [1.54, 1.807) is 0 Å². The van der Waals surface area contributed by atoms with Crippen LogP contribution in [0, 0.1) is 0 Å². The zero-order chi connectivity index (χ0) is 11.1. The highest BCUT2D eigenvalue weighted by Gasteiger charge is 2.09. The van der Waals surface area contributed by atoms with Crippen molar-refractivity contribution in [3.05, 3.63) is 34.3 Å². The maximum atomic E-state index is 5.66. The van der Waals surface area contributed by atoms with Crippen LogP contribution in [0.4, 0.5) is 0 Å². The Hall–Kier alpha value is -0.340. The fourth-order valence-corrected chi connectivity index (χ4v) is 2.13. The van der Waals surface area contributed by atoms with Crippen LogP contribution in [0.25, 0.3) is 0 Å². The minimum Gasteiger partial charge on any atom is -0.330 e. The van der Waals surface area contributed by atoms with Crippen LogP contribution >= 0.6 is 15.9 Å². The molecule has 0 saturated carbocycles. The van der Waals surface area contributed by atoms with E-state index >= 15 is 0 Å². The third-order valence-corrected chi connectivity index (χ3v) is 3.29. The summed E-state index contributed by atoms with van der Waals surface area (Å²) in [5.41, 5.74) is 7.09. The van der Waals surface area contributed by atoms with E-state index in [4.69, 9.17) is 5.73 Å². The molecular formula is C13H20BrN. The number of nitrogens with two attached hydrogens (primary N) is 1. The van der Waals surface area contributed by atoms with Gasteiger partial charge in [0, 0.05) is 4.47 Å². The van der Waals surface area contributed by atoms with Crippen molar-refractivity contribution in [2.45, 2.75) is 38.5 Å². The summed E-state index contributed by atoms with van der Waals surface area (Å²) in [6, 6.07) is 8.65. The zero-order valence-corrected chi connectivity index (χ0v) is 11.0. The van der Waals surface area contributed by atoms with Gasteiger partial charge in [-0.1, -0.05) is 47.8 Å². The number of hydrogen-bond acceptors (Lipinski definition) is 1. The first-order valence-electron chi connectivity index (χ1n) is 5.73. The Morgan fingerprint density at radius 2 is 1.87 bits per heavy atom. The minimum atomic E-state index is 0.642. The normalized spacial score (nSPS) is 12.7. The molecule has 2 N–H and O–H groups in total. The lowest BCUT2D eigenvalue weighted by Crippen LogP contribution is -2.07. The van der Waals surface area contributed by atoms with Crippen molar-refractivity contribution in [2.24, 2.45) is 5.73 Å². The standard InChI is InChI=1S/C13H20BrN/c1-2-3-4-11(9-10-15)12-5-7-13(14)8-6-12/h5-8,11H,2-4,9-10,15H2,1H3/t11-/m1/s1. The molecule has 1 aromatic rings. The molecule has 84 valence electrons. The van der Waals surface area contributed by atoms with Crippen LogP contribution in [0.1, 0.15) is 44.1 Å². The Kier molecular flexibility index (Phi) is 5.96. The van der Waals surface area contributed by atoms with Crippen molar-refractivity contribution >= 4 is 15.9 Å². The van der Waals surface area contributed by atoms with Gasteiger partial charge in [-0.25, -0.2) is 0 Å². The molecule has 0 aliphatic rings. The van der Waals surface area contributed by atoms with Crippen LogP contribution in [0.3, 0.4) is 0 Å². The summed E-state index contributed by atoms with van der Waals surface area (Å²) in [7, 11) is 0. The molecule has 1 atom stereocenters.